The average molecular weight is 544 g/mol. The van der Waals surface area contributed by atoms with Gasteiger partial charge in [-0.3, -0.25) is 10.00 Å². The number of nitrogens with zero attached hydrogens (tertiary/aromatic N) is 6. The number of ether oxygens (including phenoxy) is 1. The van der Waals surface area contributed by atoms with E-state index < -0.39 is 15.6 Å². The fraction of sp³-hybridized carbons (Fsp3) is 0.560. The highest BCUT2D eigenvalue weighted by molar-refractivity contribution is 8.00. The van der Waals surface area contributed by atoms with Gasteiger partial charge in [0.05, 0.1) is 41.8 Å². The number of piperazine rings is 1. The highest BCUT2D eigenvalue weighted by Crippen LogP contribution is 2.44. The first kappa shape index (κ1) is 25.1. The minimum absolute atomic E-state index is 0.338. The van der Waals surface area contributed by atoms with Gasteiger partial charge in [0.25, 0.3) is 0 Å². The van der Waals surface area contributed by atoms with Gasteiger partial charge in [0.15, 0.2) is 5.82 Å². The van der Waals surface area contributed by atoms with Gasteiger partial charge in [-0.05, 0) is 19.9 Å². The van der Waals surface area contributed by atoms with Crippen molar-refractivity contribution in [3.63, 3.8) is 0 Å². The Morgan fingerprint density at radius 3 is 2.73 bits per heavy atom. The molecule has 12 heteroatoms. The molecule has 0 bridgehead atoms. The predicted octanol–water partition coefficient (Wildman–Crippen LogP) is 2.23. The van der Waals surface area contributed by atoms with E-state index in [1.807, 2.05) is 43.9 Å². The van der Waals surface area contributed by atoms with Gasteiger partial charge in [-0.1, -0.05) is 12.1 Å². The molecule has 3 aromatic rings. The molecule has 0 saturated carbocycles. The van der Waals surface area contributed by atoms with Crippen molar-refractivity contribution in [3.05, 3.63) is 30.1 Å². The van der Waals surface area contributed by atoms with Crippen LogP contribution in [0.25, 0.3) is 22.3 Å². The van der Waals surface area contributed by atoms with Gasteiger partial charge in [-0.2, -0.15) is 9.40 Å². The summed E-state index contributed by atoms with van der Waals surface area (Å²) < 4.78 is 31.8. The van der Waals surface area contributed by atoms with Crippen LogP contribution in [-0.4, -0.2) is 107 Å². The fourth-order valence-corrected chi connectivity index (χ4v) is 8.61. The topological polar surface area (TPSA) is 108 Å². The summed E-state index contributed by atoms with van der Waals surface area (Å²) in [5.74, 6) is 1.73. The van der Waals surface area contributed by atoms with Crippen LogP contribution in [0.4, 0.5) is 5.82 Å². The van der Waals surface area contributed by atoms with Crippen LogP contribution in [0.2, 0.25) is 0 Å². The number of thioether (sulfide) groups is 1. The molecule has 3 aliphatic heterocycles. The van der Waals surface area contributed by atoms with E-state index in [2.05, 4.69) is 26.1 Å². The monoisotopic (exact) mass is 543 g/mol. The van der Waals surface area contributed by atoms with E-state index in [0.717, 1.165) is 66.4 Å². The molecule has 10 nitrogen and oxygen atoms in total. The number of H-pyrrole nitrogens is 1. The minimum Gasteiger partial charge on any atom is -0.378 e. The molecule has 1 atom stereocenters. The average Bonchev–Trinajstić information content (AvgIpc) is 3.49. The molecule has 0 radical (unpaired) electrons. The number of sulfonamides is 1. The molecular formula is C25H33N7O3S2. The van der Waals surface area contributed by atoms with Gasteiger partial charge < -0.3 is 9.64 Å². The Morgan fingerprint density at radius 2 is 1.97 bits per heavy atom. The third-order valence-corrected chi connectivity index (χ3v) is 10.2. The molecule has 0 amide bonds. The van der Waals surface area contributed by atoms with E-state index in [1.54, 1.807) is 4.31 Å². The molecule has 1 unspecified atom stereocenters. The second-order valence-electron chi connectivity index (χ2n) is 10.7. The first-order chi connectivity index (χ1) is 17.7. The normalized spacial score (nSPS) is 23.0. The van der Waals surface area contributed by atoms with Crippen molar-refractivity contribution >= 4 is 38.5 Å². The van der Waals surface area contributed by atoms with Crippen LogP contribution in [0, 0.1) is 0 Å². The first-order valence-electron chi connectivity index (χ1n) is 12.7. The maximum atomic E-state index is 12.3. The molecule has 2 fully saturated rings. The van der Waals surface area contributed by atoms with E-state index in [0.29, 0.717) is 31.6 Å². The molecule has 1 N–H and O–H groups in total. The Hall–Kier alpha value is -2.25. The molecule has 2 saturated heterocycles. The third-order valence-electron chi connectivity index (χ3n) is 7.43. The van der Waals surface area contributed by atoms with Crippen LogP contribution in [0.5, 0.6) is 0 Å². The smallest absolute Gasteiger partial charge is 0.211 e. The number of nitrogens with one attached hydrogen (secondary N) is 1. The van der Waals surface area contributed by atoms with E-state index >= 15 is 0 Å². The largest absolute Gasteiger partial charge is 0.378 e. The molecule has 6 rings (SSSR count). The second-order valence-corrected chi connectivity index (χ2v) is 13.9. The highest BCUT2D eigenvalue weighted by Gasteiger charge is 2.40. The summed E-state index contributed by atoms with van der Waals surface area (Å²) in [6.07, 6.45) is 4.01. The molecule has 1 aromatic carbocycles. The van der Waals surface area contributed by atoms with E-state index in [9.17, 15) is 8.42 Å². The number of anilines is 1. The van der Waals surface area contributed by atoms with Crippen molar-refractivity contribution in [1.82, 2.24) is 29.4 Å². The van der Waals surface area contributed by atoms with Crippen LogP contribution in [0.3, 0.4) is 0 Å². The Labute approximate surface area is 221 Å². The zero-order valence-corrected chi connectivity index (χ0v) is 23.1. The van der Waals surface area contributed by atoms with Gasteiger partial charge in [-0.15, -0.1) is 11.8 Å². The first-order valence-corrected chi connectivity index (χ1v) is 15.4. The molecule has 198 valence electrons. The summed E-state index contributed by atoms with van der Waals surface area (Å²) in [5, 5.41) is 8.63. The Balaban J connectivity index is 1.28. The predicted molar refractivity (Wildman–Crippen MR) is 146 cm³/mol. The quantitative estimate of drug-likeness (QED) is 0.518. The van der Waals surface area contributed by atoms with Gasteiger partial charge in [-0.25, -0.2) is 18.4 Å². The summed E-state index contributed by atoms with van der Waals surface area (Å²) in [6, 6.07) is 6.08. The third kappa shape index (κ3) is 4.85. The Kier molecular flexibility index (Phi) is 6.43. The maximum Gasteiger partial charge on any atom is 0.211 e. The summed E-state index contributed by atoms with van der Waals surface area (Å²) >= 11 is 1.87. The molecule has 5 heterocycles. The van der Waals surface area contributed by atoms with Crippen molar-refractivity contribution in [3.8, 4) is 11.4 Å². The summed E-state index contributed by atoms with van der Waals surface area (Å²) in [5.41, 5.74) is 2.61. The Bertz CT molecular complexity index is 1420. The number of hydrogen-bond acceptors (Lipinski definition) is 9. The lowest BCUT2D eigenvalue weighted by atomic mass is 10.0. The summed E-state index contributed by atoms with van der Waals surface area (Å²) in [4.78, 5) is 16.1. The molecule has 37 heavy (non-hydrogen) atoms. The number of hydrogen-bond donors (Lipinski definition) is 1. The van der Waals surface area contributed by atoms with E-state index in [1.165, 1.54) is 11.2 Å². The highest BCUT2D eigenvalue weighted by atomic mass is 32.2. The molecular weight excluding hydrogens is 510 g/mol. The van der Waals surface area contributed by atoms with Crippen LogP contribution < -0.4 is 4.90 Å². The van der Waals surface area contributed by atoms with E-state index in [-0.39, 0.29) is 0 Å². The summed E-state index contributed by atoms with van der Waals surface area (Å²) in [7, 11) is -3.23. The van der Waals surface area contributed by atoms with Gasteiger partial charge in [0, 0.05) is 67.4 Å². The van der Waals surface area contributed by atoms with Crippen LogP contribution in [-0.2, 0) is 21.2 Å². The SMILES string of the molecule is CC1(C)CN(CC2Cc3nc(-c4cccc5[nH]ncc45)nc(N4CCOCC4)c3S2)CCN1S(C)(=O)=O. The van der Waals surface area contributed by atoms with Crippen molar-refractivity contribution in [1.29, 1.82) is 0 Å². The molecule has 2 aromatic heterocycles. The number of aromatic amines is 1. The lowest BCUT2D eigenvalue weighted by molar-refractivity contribution is 0.0825. The molecule has 0 aliphatic carbocycles. The van der Waals surface area contributed by atoms with Gasteiger partial charge in [0.1, 0.15) is 5.82 Å². The fourth-order valence-electron chi connectivity index (χ4n) is 5.84. The lowest BCUT2D eigenvalue weighted by Gasteiger charge is -2.46. The molecule has 0 spiro atoms. The van der Waals surface area contributed by atoms with Gasteiger partial charge >= 0.3 is 0 Å². The van der Waals surface area contributed by atoms with Crippen LogP contribution in [0.1, 0.15) is 19.5 Å². The number of fused-ring (bicyclic) bond motifs is 2. The number of aromatic nitrogens is 4. The van der Waals surface area contributed by atoms with Crippen molar-refractivity contribution in [2.75, 3.05) is 63.6 Å². The Morgan fingerprint density at radius 1 is 1.16 bits per heavy atom. The zero-order valence-electron chi connectivity index (χ0n) is 21.5. The van der Waals surface area contributed by atoms with Crippen molar-refractivity contribution in [2.24, 2.45) is 0 Å². The standard InChI is InChI=1S/C25H33N7O3S2/c1-25(2)16-30(7-8-32(25)37(3,33)34)15-17-13-21-22(36-17)24(31-9-11-35-12-10-31)28-23(27-21)18-5-4-6-20-19(18)14-26-29-20/h4-6,14,17H,7-13,15-16H2,1-3H3,(H,26,29). The van der Waals surface area contributed by atoms with E-state index in [4.69, 9.17) is 14.7 Å². The zero-order chi connectivity index (χ0) is 25.8. The van der Waals surface area contributed by atoms with Crippen molar-refractivity contribution in [2.45, 2.75) is 36.0 Å². The van der Waals surface area contributed by atoms with Crippen molar-refractivity contribution < 1.29 is 13.2 Å². The molecule has 3 aliphatic rings. The van der Waals surface area contributed by atoms with Crippen LogP contribution >= 0.6 is 11.8 Å². The van der Waals surface area contributed by atoms with Crippen LogP contribution in [0.15, 0.2) is 29.3 Å². The number of morpholine rings is 1. The second kappa shape index (κ2) is 9.49. The maximum absolute atomic E-state index is 12.3. The summed E-state index contributed by atoms with van der Waals surface area (Å²) in [6.45, 7) is 9.90. The lowest BCUT2D eigenvalue weighted by Crippen LogP contribution is -2.61. The van der Waals surface area contributed by atoms with Gasteiger partial charge in [0.2, 0.25) is 10.0 Å². The minimum atomic E-state index is -3.23. The number of benzene rings is 1. The number of rotatable bonds is 5.